The molecular formula is C23H28FNO2. The molecule has 3 rings (SSSR count). The van der Waals surface area contributed by atoms with Crippen molar-refractivity contribution in [3.05, 3.63) is 59.9 Å². The van der Waals surface area contributed by atoms with Gasteiger partial charge in [-0.25, -0.2) is 4.39 Å². The van der Waals surface area contributed by atoms with Crippen molar-refractivity contribution in [1.82, 2.24) is 0 Å². The number of nitrogens with one attached hydrogen (secondary N) is 1. The standard InChI is InChI=1S/C23H28FNO2/c1-3-17(2)27-21-13-11-20(12-14-21)25-22(26)23(15-5-4-6-16-23)18-7-9-19(24)10-8-18/h7-14,17H,3-6,15-16H2,1-2H3,(H,25,26). The Balaban J connectivity index is 1.78. The summed E-state index contributed by atoms with van der Waals surface area (Å²) in [6.45, 7) is 4.11. The van der Waals surface area contributed by atoms with Crippen molar-refractivity contribution in [2.75, 3.05) is 5.32 Å². The van der Waals surface area contributed by atoms with Gasteiger partial charge in [0.2, 0.25) is 5.91 Å². The van der Waals surface area contributed by atoms with Crippen molar-refractivity contribution in [2.24, 2.45) is 0 Å². The van der Waals surface area contributed by atoms with Crippen molar-refractivity contribution in [2.45, 2.75) is 63.9 Å². The largest absolute Gasteiger partial charge is 0.491 e. The van der Waals surface area contributed by atoms with Gasteiger partial charge in [0.25, 0.3) is 0 Å². The lowest BCUT2D eigenvalue weighted by atomic mass is 9.68. The van der Waals surface area contributed by atoms with E-state index in [1.165, 1.54) is 12.1 Å². The van der Waals surface area contributed by atoms with Crippen molar-refractivity contribution in [1.29, 1.82) is 0 Å². The summed E-state index contributed by atoms with van der Waals surface area (Å²) in [7, 11) is 0. The second-order valence-corrected chi connectivity index (χ2v) is 7.46. The van der Waals surface area contributed by atoms with Gasteiger partial charge in [0.15, 0.2) is 0 Å². The first-order chi connectivity index (χ1) is 13.0. The topological polar surface area (TPSA) is 38.3 Å². The first-order valence-electron chi connectivity index (χ1n) is 9.88. The summed E-state index contributed by atoms with van der Waals surface area (Å²) in [6.07, 6.45) is 5.84. The molecule has 1 unspecified atom stereocenters. The van der Waals surface area contributed by atoms with Crippen LogP contribution in [0.1, 0.15) is 57.9 Å². The lowest BCUT2D eigenvalue weighted by Crippen LogP contribution is -2.42. The van der Waals surface area contributed by atoms with Gasteiger partial charge in [0.1, 0.15) is 11.6 Å². The molecule has 1 fully saturated rings. The molecule has 2 aromatic rings. The zero-order valence-electron chi connectivity index (χ0n) is 16.1. The number of halogens is 1. The van der Waals surface area contributed by atoms with Crippen LogP contribution in [0.15, 0.2) is 48.5 Å². The second kappa shape index (κ2) is 8.55. The summed E-state index contributed by atoms with van der Waals surface area (Å²) in [5.74, 6) is 0.514. The maximum absolute atomic E-state index is 13.4. The van der Waals surface area contributed by atoms with E-state index in [9.17, 15) is 9.18 Å². The number of rotatable bonds is 6. The molecule has 1 N–H and O–H groups in total. The highest BCUT2D eigenvalue weighted by Crippen LogP contribution is 2.40. The van der Waals surface area contributed by atoms with Crippen LogP contribution in [0.2, 0.25) is 0 Å². The third kappa shape index (κ3) is 4.49. The van der Waals surface area contributed by atoms with Gasteiger partial charge in [-0.2, -0.15) is 0 Å². The summed E-state index contributed by atoms with van der Waals surface area (Å²) in [6, 6.07) is 13.9. The van der Waals surface area contributed by atoms with Crippen molar-refractivity contribution in [3.8, 4) is 5.75 Å². The molecule has 3 nitrogen and oxygen atoms in total. The fraction of sp³-hybridized carbons (Fsp3) is 0.435. The van der Waals surface area contributed by atoms with E-state index in [1.54, 1.807) is 12.1 Å². The van der Waals surface area contributed by atoms with Crippen molar-refractivity contribution in [3.63, 3.8) is 0 Å². The van der Waals surface area contributed by atoms with Crippen LogP contribution in [0.5, 0.6) is 5.75 Å². The molecule has 1 amide bonds. The van der Waals surface area contributed by atoms with Crippen LogP contribution in [-0.2, 0) is 10.2 Å². The molecule has 0 aliphatic heterocycles. The van der Waals surface area contributed by atoms with E-state index in [4.69, 9.17) is 4.74 Å². The molecule has 1 atom stereocenters. The van der Waals surface area contributed by atoms with Gasteiger partial charge >= 0.3 is 0 Å². The fourth-order valence-electron chi connectivity index (χ4n) is 3.75. The number of carbonyl (C=O) groups is 1. The van der Waals surface area contributed by atoms with Crippen LogP contribution in [0, 0.1) is 5.82 Å². The monoisotopic (exact) mass is 369 g/mol. The summed E-state index contributed by atoms with van der Waals surface area (Å²) in [5.41, 5.74) is 1.07. The Hall–Kier alpha value is -2.36. The number of hydrogen-bond acceptors (Lipinski definition) is 2. The molecule has 27 heavy (non-hydrogen) atoms. The lowest BCUT2D eigenvalue weighted by Gasteiger charge is -2.36. The van der Waals surface area contributed by atoms with E-state index in [2.05, 4.69) is 12.2 Å². The molecule has 0 saturated heterocycles. The molecule has 144 valence electrons. The van der Waals surface area contributed by atoms with Crippen LogP contribution >= 0.6 is 0 Å². The van der Waals surface area contributed by atoms with Gasteiger partial charge in [0.05, 0.1) is 11.5 Å². The summed E-state index contributed by atoms with van der Waals surface area (Å²) >= 11 is 0. The first-order valence-corrected chi connectivity index (χ1v) is 9.88. The highest BCUT2D eigenvalue weighted by Gasteiger charge is 2.41. The van der Waals surface area contributed by atoms with E-state index < -0.39 is 5.41 Å². The third-order valence-electron chi connectivity index (χ3n) is 5.56. The number of ether oxygens (including phenoxy) is 1. The SMILES string of the molecule is CCC(C)Oc1ccc(NC(=O)C2(c3ccc(F)cc3)CCCCC2)cc1. The summed E-state index contributed by atoms with van der Waals surface area (Å²) < 4.78 is 19.2. The van der Waals surface area contributed by atoms with E-state index in [0.29, 0.717) is 0 Å². The van der Waals surface area contributed by atoms with Crippen LogP contribution in [0.25, 0.3) is 0 Å². The Morgan fingerprint density at radius 1 is 1.07 bits per heavy atom. The maximum atomic E-state index is 13.4. The van der Waals surface area contributed by atoms with Gasteiger partial charge in [-0.15, -0.1) is 0 Å². The van der Waals surface area contributed by atoms with Gasteiger partial charge in [-0.3, -0.25) is 4.79 Å². The average molecular weight is 369 g/mol. The Morgan fingerprint density at radius 3 is 2.30 bits per heavy atom. The molecular weight excluding hydrogens is 341 g/mol. The number of benzene rings is 2. The number of hydrogen-bond donors (Lipinski definition) is 1. The van der Waals surface area contributed by atoms with Gasteiger partial charge < -0.3 is 10.1 Å². The Bertz CT molecular complexity index is 749. The molecule has 0 bridgehead atoms. The second-order valence-electron chi connectivity index (χ2n) is 7.46. The van der Waals surface area contributed by atoms with E-state index in [0.717, 1.165) is 55.5 Å². The highest BCUT2D eigenvalue weighted by atomic mass is 19.1. The quantitative estimate of drug-likeness (QED) is 0.694. The predicted octanol–water partition coefficient (Wildman–Crippen LogP) is 5.84. The summed E-state index contributed by atoms with van der Waals surface area (Å²) in [4.78, 5) is 13.2. The van der Waals surface area contributed by atoms with Gasteiger partial charge in [-0.05, 0) is 68.1 Å². The van der Waals surface area contributed by atoms with Crippen LogP contribution < -0.4 is 10.1 Å². The molecule has 2 aromatic carbocycles. The minimum Gasteiger partial charge on any atom is -0.491 e. The number of anilines is 1. The Labute approximate surface area is 160 Å². The minimum absolute atomic E-state index is 0.00981. The smallest absolute Gasteiger partial charge is 0.235 e. The van der Waals surface area contributed by atoms with Crippen molar-refractivity contribution >= 4 is 11.6 Å². The molecule has 4 heteroatoms. The molecule has 0 radical (unpaired) electrons. The fourth-order valence-corrected chi connectivity index (χ4v) is 3.75. The zero-order valence-corrected chi connectivity index (χ0v) is 16.1. The molecule has 1 aliphatic carbocycles. The zero-order chi connectivity index (χ0) is 19.3. The van der Waals surface area contributed by atoms with Gasteiger partial charge in [-0.1, -0.05) is 38.3 Å². The number of carbonyl (C=O) groups excluding carboxylic acids is 1. The maximum Gasteiger partial charge on any atom is 0.235 e. The predicted molar refractivity (Wildman–Crippen MR) is 107 cm³/mol. The normalized spacial score (nSPS) is 17.1. The molecule has 1 aliphatic rings. The minimum atomic E-state index is -0.585. The highest BCUT2D eigenvalue weighted by molar-refractivity contribution is 5.99. The summed E-state index contributed by atoms with van der Waals surface area (Å²) in [5, 5.41) is 3.07. The van der Waals surface area contributed by atoms with Crippen molar-refractivity contribution < 1.29 is 13.9 Å². The molecule has 0 heterocycles. The number of amides is 1. The first kappa shape index (κ1) is 19.4. The molecule has 0 aromatic heterocycles. The Kier molecular flexibility index (Phi) is 6.15. The molecule has 0 spiro atoms. The Morgan fingerprint density at radius 2 is 1.70 bits per heavy atom. The van der Waals surface area contributed by atoms with E-state index in [1.807, 2.05) is 31.2 Å². The average Bonchev–Trinajstić information content (AvgIpc) is 2.70. The lowest BCUT2D eigenvalue weighted by molar-refractivity contribution is -0.122. The van der Waals surface area contributed by atoms with Gasteiger partial charge in [0, 0.05) is 5.69 Å². The van der Waals surface area contributed by atoms with Crippen LogP contribution in [0.4, 0.5) is 10.1 Å². The van der Waals surface area contributed by atoms with E-state index in [-0.39, 0.29) is 17.8 Å². The van der Waals surface area contributed by atoms with Crippen LogP contribution in [0.3, 0.4) is 0 Å². The third-order valence-corrected chi connectivity index (χ3v) is 5.56. The van der Waals surface area contributed by atoms with Crippen LogP contribution in [-0.4, -0.2) is 12.0 Å². The molecule has 1 saturated carbocycles. The van der Waals surface area contributed by atoms with E-state index >= 15 is 0 Å².